The smallest absolute Gasteiger partial charge is 0.387 e. The molecule has 0 spiro atoms. The highest BCUT2D eigenvalue weighted by Gasteiger charge is 2.15. The van der Waals surface area contributed by atoms with Gasteiger partial charge in [-0.1, -0.05) is 12.1 Å². The van der Waals surface area contributed by atoms with Crippen molar-refractivity contribution in [3.63, 3.8) is 0 Å². The van der Waals surface area contributed by atoms with Gasteiger partial charge in [0.2, 0.25) is 0 Å². The van der Waals surface area contributed by atoms with Crippen LogP contribution in [0.5, 0.6) is 5.75 Å². The summed E-state index contributed by atoms with van der Waals surface area (Å²) < 4.78 is 28.2. The zero-order valence-corrected chi connectivity index (χ0v) is 8.93. The Morgan fingerprint density at radius 2 is 2.00 bits per heavy atom. The number of alkyl halides is 2. The van der Waals surface area contributed by atoms with Gasteiger partial charge in [0.05, 0.1) is 5.56 Å². The second kappa shape index (κ2) is 6.50. The van der Waals surface area contributed by atoms with Crippen molar-refractivity contribution in [2.45, 2.75) is 6.61 Å². The number of halogens is 2. The number of hydrogen-bond donors (Lipinski definition) is 2. The van der Waals surface area contributed by atoms with Crippen LogP contribution in [0.4, 0.5) is 8.78 Å². The lowest BCUT2D eigenvalue weighted by Crippen LogP contribution is -2.27. The second-order valence-corrected chi connectivity index (χ2v) is 2.99. The fraction of sp³-hybridized carbons (Fsp3) is 0.200. The summed E-state index contributed by atoms with van der Waals surface area (Å²) >= 11 is 0. The number of rotatable bonds is 6. The average molecular weight is 261 g/mol. The summed E-state index contributed by atoms with van der Waals surface area (Å²) in [5.41, 5.74) is 1.61. The lowest BCUT2D eigenvalue weighted by atomic mass is 10.2. The van der Waals surface area contributed by atoms with Crippen LogP contribution in [0.15, 0.2) is 24.3 Å². The minimum atomic E-state index is -3.07. The molecule has 98 valence electrons. The first-order valence-electron chi connectivity index (χ1n) is 4.68. The van der Waals surface area contributed by atoms with Crippen LogP contribution in [0.2, 0.25) is 0 Å². The maximum absolute atomic E-state index is 12.1. The van der Waals surface area contributed by atoms with E-state index in [2.05, 4.69) is 9.57 Å². The van der Waals surface area contributed by atoms with E-state index in [-0.39, 0.29) is 11.3 Å². The quantitative estimate of drug-likeness (QED) is 0.747. The molecular formula is C10H9F2NO5. The molecular weight excluding hydrogens is 252 g/mol. The molecule has 0 aliphatic heterocycles. The largest absolute Gasteiger partial charge is 0.479 e. The number of carboxylic acids is 1. The monoisotopic (exact) mass is 261 g/mol. The topological polar surface area (TPSA) is 84.9 Å². The maximum atomic E-state index is 12.1. The highest BCUT2D eigenvalue weighted by atomic mass is 19.3. The van der Waals surface area contributed by atoms with Crippen molar-refractivity contribution < 1.29 is 33.1 Å². The molecule has 1 aromatic rings. The summed E-state index contributed by atoms with van der Waals surface area (Å²) in [6, 6.07) is 5.26. The van der Waals surface area contributed by atoms with E-state index in [0.29, 0.717) is 0 Å². The molecule has 0 radical (unpaired) electrons. The molecule has 2 N–H and O–H groups in total. The summed E-state index contributed by atoms with van der Waals surface area (Å²) in [6.07, 6.45) is 0. The van der Waals surface area contributed by atoms with Crippen LogP contribution in [-0.4, -0.2) is 30.2 Å². The Kier molecular flexibility index (Phi) is 5.00. The average Bonchev–Trinajstić information content (AvgIpc) is 2.28. The SMILES string of the molecule is O=C(O)CONC(=O)c1ccccc1OC(F)F. The minimum absolute atomic E-state index is 0.191. The van der Waals surface area contributed by atoms with Crippen LogP contribution in [-0.2, 0) is 9.63 Å². The lowest BCUT2D eigenvalue weighted by molar-refractivity contribution is -0.144. The van der Waals surface area contributed by atoms with Crippen molar-refractivity contribution in [2.75, 3.05) is 6.61 Å². The van der Waals surface area contributed by atoms with Crippen molar-refractivity contribution in [1.29, 1.82) is 0 Å². The van der Waals surface area contributed by atoms with Gasteiger partial charge in [-0.25, -0.2) is 10.3 Å². The molecule has 0 saturated heterocycles. The number of amides is 1. The number of carbonyl (C=O) groups excluding carboxylic acids is 1. The van der Waals surface area contributed by atoms with Gasteiger partial charge >= 0.3 is 12.6 Å². The fourth-order valence-corrected chi connectivity index (χ4v) is 1.07. The van der Waals surface area contributed by atoms with E-state index in [1.54, 1.807) is 5.48 Å². The Bertz CT molecular complexity index is 438. The molecule has 0 saturated carbocycles. The lowest BCUT2D eigenvalue weighted by Gasteiger charge is -2.10. The van der Waals surface area contributed by atoms with Crippen molar-refractivity contribution >= 4 is 11.9 Å². The van der Waals surface area contributed by atoms with E-state index in [1.165, 1.54) is 24.3 Å². The number of hydrogen-bond acceptors (Lipinski definition) is 4. The standard InChI is InChI=1S/C10H9F2NO5/c11-10(12)18-7-4-2-1-3-6(7)9(16)13-17-5-8(14)15/h1-4,10H,5H2,(H,13,16)(H,14,15). The highest BCUT2D eigenvalue weighted by Crippen LogP contribution is 2.19. The molecule has 0 unspecified atom stereocenters. The Labute approximate surface area is 100 Å². The number of carbonyl (C=O) groups is 2. The van der Waals surface area contributed by atoms with Crippen molar-refractivity contribution in [1.82, 2.24) is 5.48 Å². The van der Waals surface area contributed by atoms with Gasteiger partial charge in [0, 0.05) is 0 Å². The van der Waals surface area contributed by atoms with Crippen molar-refractivity contribution in [3.05, 3.63) is 29.8 Å². The predicted octanol–water partition coefficient (Wildman–Crippen LogP) is 1.03. The molecule has 1 rings (SSSR count). The highest BCUT2D eigenvalue weighted by molar-refractivity contribution is 5.96. The van der Waals surface area contributed by atoms with Gasteiger partial charge in [-0.05, 0) is 12.1 Å². The predicted molar refractivity (Wildman–Crippen MR) is 54.1 cm³/mol. The third kappa shape index (κ3) is 4.34. The van der Waals surface area contributed by atoms with Gasteiger partial charge in [0.25, 0.3) is 5.91 Å². The van der Waals surface area contributed by atoms with Gasteiger partial charge in [-0.3, -0.25) is 9.63 Å². The third-order valence-electron chi connectivity index (χ3n) is 1.71. The van der Waals surface area contributed by atoms with E-state index in [0.717, 1.165) is 0 Å². The zero-order valence-electron chi connectivity index (χ0n) is 8.93. The molecule has 1 amide bonds. The number of nitrogens with one attached hydrogen (secondary N) is 1. The van der Waals surface area contributed by atoms with Gasteiger partial charge in [-0.2, -0.15) is 8.78 Å². The number of carboxylic acid groups (broad SMARTS) is 1. The van der Waals surface area contributed by atoms with E-state index in [9.17, 15) is 18.4 Å². The summed E-state index contributed by atoms with van der Waals surface area (Å²) in [7, 11) is 0. The fourth-order valence-electron chi connectivity index (χ4n) is 1.07. The molecule has 0 fully saturated rings. The van der Waals surface area contributed by atoms with Gasteiger partial charge in [0.1, 0.15) is 5.75 Å². The van der Waals surface area contributed by atoms with E-state index in [1.807, 2.05) is 0 Å². The summed E-state index contributed by atoms with van der Waals surface area (Å²) in [6.45, 7) is -3.82. The summed E-state index contributed by atoms with van der Waals surface area (Å²) in [5, 5.41) is 8.27. The normalized spacial score (nSPS) is 10.2. The third-order valence-corrected chi connectivity index (χ3v) is 1.71. The first-order chi connectivity index (χ1) is 8.50. The molecule has 0 heterocycles. The molecule has 1 aromatic carbocycles. The van der Waals surface area contributed by atoms with Crippen LogP contribution < -0.4 is 10.2 Å². The Morgan fingerprint density at radius 3 is 2.61 bits per heavy atom. The van der Waals surface area contributed by atoms with Crippen LogP contribution >= 0.6 is 0 Å². The van der Waals surface area contributed by atoms with Gasteiger partial charge in [-0.15, -0.1) is 0 Å². The van der Waals surface area contributed by atoms with E-state index >= 15 is 0 Å². The molecule has 8 heteroatoms. The summed E-state index contributed by atoms with van der Waals surface area (Å²) in [5.74, 6) is -2.50. The molecule has 0 atom stereocenters. The van der Waals surface area contributed by atoms with Crippen LogP contribution in [0.1, 0.15) is 10.4 Å². The molecule has 0 aliphatic carbocycles. The zero-order chi connectivity index (χ0) is 13.5. The molecule has 18 heavy (non-hydrogen) atoms. The minimum Gasteiger partial charge on any atom is -0.479 e. The van der Waals surface area contributed by atoms with Crippen LogP contribution in [0, 0.1) is 0 Å². The van der Waals surface area contributed by atoms with Gasteiger partial charge in [0.15, 0.2) is 6.61 Å². The van der Waals surface area contributed by atoms with Gasteiger partial charge < -0.3 is 9.84 Å². The Hall–Kier alpha value is -2.22. The molecule has 0 aromatic heterocycles. The molecule has 6 nitrogen and oxygen atoms in total. The summed E-state index contributed by atoms with van der Waals surface area (Å²) in [4.78, 5) is 25.9. The first kappa shape index (κ1) is 13.8. The van der Waals surface area contributed by atoms with Crippen LogP contribution in [0.3, 0.4) is 0 Å². The number of hydroxylamine groups is 1. The Balaban J connectivity index is 2.69. The number of benzene rings is 1. The second-order valence-electron chi connectivity index (χ2n) is 2.99. The number of ether oxygens (including phenoxy) is 1. The van der Waals surface area contributed by atoms with E-state index < -0.39 is 25.1 Å². The van der Waals surface area contributed by atoms with Crippen molar-refractivity contribution in [2.24, 2.45) is 0 Å². The Morgan fingerprint density at radius 1 is 1.33 bits per heavy atom. The number of para-hydroxylation sites is 1. The maximum Gasteiger partial charge on any atom is 0.387 e. The first-order valence-corrected chi connectivity index (χ1v) is 4.68. The number of aliphatic carboxylic acids is 1. The van der Waals surface area contributed by atoms with E-state index in [4.69, 9.17) is 5.11 Å². The molecule has 0 bridgehead atoms. The van der Waals surface area contributed by atoms with Crippen LogP contribution in [0.25, 0.3) is 0 Å². The molecule has 0 aliphatic rings. The van der Waals surface area contributed by atoms with Crippen molar-refractivity contribution in [3.8, 4) is 5.75 Å².